The summed E-state index contributed by atoms with van der Waals surface area (Å²) in [6, 6.07) is 24.3. The van der Waals surface area contributed by atoms with Crippen molar-refractivity contribution < 1.29 is 33.7 Å². The van der Waals surface area contributed by atoms with Crippen molar-refractivity contribution in [2.45, 2.75) is 58.3 Å². The smallest absolute Gasteiger partial charge is 0.323 e. The molecule has 1 aliphatic heterocycles. The largest absolute Gasteiger partial charge is 0.497 e. The number of rotatable bonds is 8. The molecule has 0 spiro atoms. The Morgan fingerprint density at radius 2 is 1.70 bits per heavy atom. The van der Waals surface area contributed by atoms with Crippen molar-refractivity contribution in [2.75, 3.05) is 56.4 Å². The van der Waals surface area contributed by atoms with Gasteiger partial charge < -0.3 is 45.1 Å². The van der Waals surface area contributed by atoms with Crippen LogP contribution < -0.4 is 25.4 Å². The standard InChI is InChI=1S/C41H51N5O7/c1-27-24-46(28(2)26-47)39(48)35-23-32(42-40(49)44-36-15-10-13-30-12-6-7-14-34(30)36)18-21-37(35)53-29(3)11-8-9-22-52-38(27)25-45(4)41(50)43-31-16-19-33(51-5)20-17-31/h6-7,10,12-21,23,27-29,38,47H,8-9,11,22,24-26H2,1-5H3,(H,43,50)(H2,42,44,49)/t27-,28+,29-,38-/m0/s1. The number of fused-ring (bicyclic) bond motifs is 2. The van der Waals surface area contributed by atoms with Gasteiger partial charge in [-0.3, -0.25) is 4.79 Å². The Morgan fingerprint density at radius 1 is 0.962 bits per heavy atom. The van der Waals surface area contributed by atoms with E-state index in [4.69, 9.17) is 14.2 Å². The van der Waals surface area contributed by atoms with Crippen LogP contribution in [0.15, 0.2) is 84.9 Å². The molecule has 0 bridgehead atoms. The van der Waals surface area contributed by atoms with Crippen molar-refractivity contribution >= 4 is 45.8 Å². The average Bonchev–Trinajstić information content (AvgIpc) is 3.16. The first-order chi connectivity index (χ1) is 25.6. The summed E-state index contributed by atoms with van der Waals surface area (Å²) >= 11 is 0. The van der Waals surface area contributed by atoms with Gasteiger partial charge in [0.2, 0.25) is 0 Å². The average molecular weight is 726 g/mol. The number of amides is 5. The van der Waals surface area contributed by atoms with E-state index in [0.29, 0.717) is 35.2 Å². The van der Waals surface area contributed by atoms with Crippen LogP contribution in [0.3, 0.4) is 0 Å². The highest BCUT2D eigenvalue weighted by Gasteiger charge is 2.31. The van der Waals surface area contributed by atoms with E-state index < -0.39 is 18.2 Å². The number of anilines is 3. The Labute approximate surface area is 311 Å². The molecule has 0 fully saturated rings. The van der Waals surface area contributed by atoms with Crippen LogP contribution in [0, 0.1) is 5.92 Å². The van der Waals surface area contributed by atoms with Crippen LogP contribution in [0.5, 0.6) is 11.5 Å². The normalized spacial score (nSPS) is 18.9. The minimum Gasteiger partial charge on any atom is -0.497 e. The van der Waals surface area contributed by atoms with E-state index in [2.05, 4.69) is 16.0 Å². The number of carbonyl (C=O) groups is 3. The summed E-state index contributed by atoms with van der Waals surface area (Å²) < 4.78 is 18.0. The summed E-state index contributed by atoms with van der Waals surface area (Å²) in [4.78, 5) is 44.1. The highest BCUT2D eigenvalue weighted by Crippen LogP contribution is 2.29. The number of nitrogens with one attached hydrogen (secondary N) is 3. The lowest BCUT2D eigenvalue weighted by molar-refractivity contribution is -0.0115. The van der Waals surface area contributed by atoms with Crippen molar-refractivity contribution in [1.82, 2.24) is 9.80 Å². The van der Waals surface area contributed by atoms with Gasteiger partial charge in [-0.1, -0.05) is 43.3 Å². The van der Waals surface area contributed by atoms with E-state index >= 15 is 0 Å². The van der Waals surface area contributed by atoms with E-state index in [9.17, 15) is 19.5 Å². The lowest BCUT2D eigenvalue weighted by Crippen LogP contribution is -2.48. The van der Waals surface area contributed by atoms with E-state index in [1.54, 1.807) is 73.3 Å². The molecule has 0 aromatic heterocycles. The molecule has 12 heteroatoms. The summed E-state index contributed by atoms with van der Waals surface area (Å²) in [6.07, 6.45) is 1.73. The molecular formula is C41H51N5O7. The molecule has 0 unspecified atom stereocenters. The van der Waals surface area contributed by atoms with Crippen LogP contribution in [-0.4, -0.2) is 91.6 Å². The number of ether oxygens (including phenoxy) is 3. The second-order valence-corrected chi connectivity index (χ2v) is 13.7. The van der Waals surface area contributed by atoms with Crippen molar-refractivity contribution in [2.24, 2.45) is 5.92 Å². The molecule has 5 rings (SSSR count). The summed E-state index contributed by atoms with van der Waals surface area (Å²) in [5.41, 5.74) is 1.95. The third-order valence-corrected chi connectivity index (χ3v) is 9.49. The fraction of sp³-hybridized carbons (Fsp3) is 0.390. The van der Waals surface area contributed by atoms with Gasteiger partial charge in [-0.15, -0.1) is 0 Å². The van der Waals surface area contributed by atoms with Crippen molar-refractivity contribution in [3.63, 3.8) is 0 Å². The molecule has 53 heavy (non-hydrogen) atoms. The zero-order valence-corrected chi connectivity index (χ0v) is 31.1. The molecule has 1 heterocycles. The van der Waals surface area contributed by atoms with Crippen LogP contribution >= 0.6 is 0 Å². The fourth-order valence-corrected chi connectivity index (χ4v) is 6.33. The minimum absolute atomic E-state index is 0.204. The zero-order valence-electron chi connectivity index (χ0n) is 31.1. The first kappa shape index (κ1) is 38.9. The van der Waals surface area contributed by atoms with Gasteiger partial charge in [0.05, 0.1) is 43.2 Å². The van der Waals surface area contributed by atoms with Crippen LogP contribution in [0.4, 0.5) is 26.7 Å². The molecule has 5 amide bonds. The van der Waals surface area contributed by atoms with Gasteiger partial charge in [0.15, 0.2) is 0 Å². The molecular weight excluding hydrogens is 674 g/mol. The minimum atomic E-state index is -0.550. The fourth-order valence-electron chi connectivity index (χ4n) is 6.33. The number of aliphatic hydroxyl groups is 1. The molecule has 4 N–H and O–H groups in total. The maximum atomic E-state index is 14.5. The highest BCUT2D eigenvalue weighted by molar-refractivity contribution is 6.07. The van der Waals surface area contributed by atoms with E-state index in [1.165, 1.54) is 0 Å². The summed E-state index contributed by atoms with van der Waals surface area (Å²) in [6.45, 7) is 6.42. The number of carbonyl (C=O) groups excluding carboxylic acids is 3. The predicted octanol–water partition coefficient (Wildman–Crippen LogP) is 7.45. The number of benzene rings is 4. The summed E-state index contributed by atoms with van der Waals surface area (Å²) in [5, 5.41) is 20.9. The van der Waals surface area contributed by atoms with Gasteiger partial charge in [-0.2, -0.15) is 0 Å². The molecule has 0 saturated carbocycles. The number of methoxy groups -OCH3 is 1. The predicted molar refractivity (Wildman–Crippen MR) is 208 cm³/mol. The molecule has 4 atom stereocenters. The first-order valence-electron chi connectivity index (χ1n) is 18.1. The number of hydrogen-bond acceptors (Lipinski definition) is 7. The maximum Gasteiger partial charge on any atom is 0.323 e. The third-order valence-electron chi connectivity index (χ3n) is 9.49. The monoisotopic (exact) mass is 725 g/mol. The Kier molecular flexibility index (Phi) is 13.5. The molecule has 0 saturated heterocycles. The molecule has 4 aromatic carbocycles. The van der Waals surface area contributed by atoms with Gasteiger partial charge in [-0.05, 0) is 87.0 Å². The van der Waals surface area contributed by atoms with Gasteiger partial charge in [0, 0.05) is 49.4 Å². The van der Waals surface area contributed by atoms with Crippen LogP contribution in [0.1, 0.15) is 50.4 Å². The highest BCUT2D eigenvalue weighted by atomic mass is 16.5. The van der Waals surface area contributed by atoms with Gasteiger partial charge in [-0.25, -0.2) is 9.59 Å². The summed E-state index contributed by atoms with van der Waals surface area (Å²) in [7, 11) is 3.29. The zero-order chi connectivity index (χ0) is 37.9. The quantitative estimate of drug-likeness (QED) is 0.148. The molecule has 0 radical (unpaired) electrons. The van der Waals surface area contributed by atoms with Gasteiger partial charge in [0.1, 0.15) is 11.5 Å². The molecule has 12 nitrogen and oxygen atoms in total. The molecule has 282 valence electrons. The van der Waals surface area contributed by atoms with Crippen molar-refractivity contribution in [1.29, 1.82) is 0 Å². The number of aliphatic hydroxyl groups excluding tert-OH is 1. The third kappa shape index (κ3) is 10.4. The Morgan fingerprint density at radius 3 is 2.45 bits per heavy atom. The second-order valence-electron chi connectivity index (χ2n) is 13.7. The SMILES string of the molecule is COc1ccc(NC(=O)N(C)C[C@@H]2OCCCC[C@H](C)Oc3ccc(NC(=O)Nc4cccc5ccccc45)cc3C(=O)N([C@H](C)CO)C[C@@H]2C)cc1. The Hall–Kier alpha value is -5.33. The Bertz CT molecular complexity index is 1850. The summed E-state index contributed by atoms with van der Waals surface area (Å²) in [5.74, 6) is 0.487. The number of hydrogen-bond donors (Lipinski definition) is 4. The topological polar surface area (TPSA) is 142 Å². The van der Waals surface area contributed by atoms with E-state index in [-0.39, 0.29) is 49.2 Å². The van der Waals surface area contributed by atoms with E-state index in [0.717, 1.165) is 30.0 Å². The lowest BCUT2D eigenvalue weighted by Gasteiger charge is -2.35. The van der Waals surface area contributed by atoms with Crippen molar-refractivity contribution in [3.05, 3.63) is 90.5 Å². The van der Waals surface area contributed by atoms with Crippen molar-refractivity contribution in [3.8, 4) is 11.5 Å². The maximum absolute atomic E-state index is 14.5. The Balaban J connectivity index is 1.36. The van der Waals surface area contributed by atoms with Gasteiger partial charge >= 0.3 is 12.1 Å². The number of nitrogens with zero attached hydrogens (tertiary/aromatic N) is 2. The number of likely N-dealkylation sites (N-methyl/N-ethyl adjacent to an activating group) is 1. The second kappa shape index (κ2) is 18.4. The van der Waals surface area contributed by atoms with Crippen LogP contribution in [0.2, 0.25) is 0 Å². The van der Waals surface area contributed by atoms with E-state index in [1.807, 2.05) is 56.3 Å². The lowest BCUT2D eigenvalue weighted by atomic mass is 10.0. The molecule has 4 aromatic rings. The number of urea groups is 2. The van der Waals surface area contributed by atoms with Crippen LogP contribution in [0.25, 0.3) is 10.8 Å². The molecule has 0 aliphatic carbocycles. The van der Waals surface area contributed by atoms with Gasteiger partial charge in [0.25, 0.3) is 5.91 Å². The molecule has 1 aliphatic rings. The van der Waals surface area contributed by atoms with Crippen LogP contribution in [-0.2, 0) is 4.74 Å². The first-order valence-corrected chi connectivity index (χ1v) is 18.1.